The Balaban J connectivity index is 1.37. The van der Waals surface area contributed by atoms with E-state index in [9.17, 15) is 28.8 Å². The minimum atomic E-state index is -1.32. The van der Waals surface area contributed by atoms with Crippen molar-refractivity contribution in [2.24, 2.45) is 5.73 Å². The first-order valence-electron chi connectivity index (χ1n) is 21.6. The molecule has 15 nitrogen and oxygen atoms in total. The lowest BCUT2D eigenvalue weighted by atomic mass is 9.93. The van der Waals surface area contributed by atoms with Gasteiger partial charge < -0.3 is 46.1 Å². The molecule has 0 saturated carbocycles. The van der Waals surface area contributed by atoms with Crippen molar-refractivity contribution < 1.29 is 43.0 Å². The predicted octanol–water partition coefficient (Wildman–Crippen LogP) is 4.64. The van der Waals surface area contributed by atoms with Gasteiger partial charge in [0, 0.05) is 43.1 Å². The molecule has 1 heterocycles. The number of hydrogen-bond donors (Lipinski definition) is 5. The summed E-state index contributed by atoms with van der Waals surface area (Å²) in [5.74, 6) is -2.54. The summed E-state index contributed by atoms with van der Waals surface area (Å²) in [6.45, 7) is 3.98. The molecule has 1 aliphatic rings. The maximum Gasteiger partial charge on any atom is 0.328 e. The van der Waals surface area contributed by atoms with E-state index in [1.807, 2.05) is 12.1 Å². The summed E-state index contributed by atoms with van der Waals surface area (Å²) in [4.78, 5) is 83.1. The van der Waals surface area contributed by atoms with Crippen molar-refractivity contribution in [3.8, 4) is 33.8 Å². The lowest BCUT2D eigenvalue weighted by Crippen LogP contribution is -2.55. The van der Waals surface area contributed by atoms with Crippen molar-refractivity contribution in [1.82, 2.24) is 26.2 Å². The minimum absolute atomic E-state index is 0.00592. The first-order valence-corrected chi connectivity index (χ1v) is 21.6. The molecule has 1 aliphatic heterocycles. The first-order chi connectivity index (χ1) is 30.8. The normalized spacial score (nSPS) is 16.5. The molecular weight excluding hydrogens is 817 g/mol. The molecule has 0 radical (unpaired) electrons. The van der Waals surface area contributed by atoms with E-state index in [0.29, 0.717) is 58.7 Å². The largest absolute Gasteiger partial charge is 0.496 e. The molecule has 4 aromatic rings. The van der Waals surface area contributed by atoms with Crippen LogP contribution >= 0.6 is 0 Å². The second-order valence-corrected chi connectivity index (χ2v) is 15.8. The number of carbonyl (C=O) groups is 6. The average molecular weight is 877 g/mol. The molecule has 5 amide bonds. The van der Waals surface area contributed by atoms with Crippen molar-refractivity contribution in [2.75, 3.05) is 41.5 Å². The molecular formula is C49H60N6O9. The van der Waals surface area contributed by atoms with Gasteiger partial charge in [0.15, 0.2) is 0 Å². The highest BCUT2D eigenvalue weighted by atomic mass is 16.5. The summed E-state index contributed by atoms with van der Waals surface area (Å²) in [6.07, 6.45) is 3.33. The van der Waals surface area contributed by atoms with E-state index in [-0.39, 0.29) is 31.7 Å². The number of carbonyl (C=O) groups excluding carboxylic acids is 6. The predicted molar refractivity (Wildman–Crippen MR) is 243 cm³/mol. The highest BCUT2D eigenvalue weighted by molar-refractivity contribution is 5.97. The van der Waals surface area contributed by atoms with Gasteiger partial charge in [0.2, 0.25) is 23.6 Å². The molecule has 15 heteroatoms. The van der Waals surface area contributed by atoms with Gasteiger partial charge in [0.05, 0.1) is 21.3 Å². The Morgan fingerprint density at radius 3 is 2.09 bits per heavy atom. The molecule has 64 heavy (non-hydrogen) atoms. The molecule has 4 bridgehead atoms. The molecule has 0 fully saturated rings. The Hall–Kier alpha value is -6.74. The molecule has 0 aromatic heterocycles. The number of methoxy groups -OCH3 is 3. The van der Waals surface area contributed by atoms with Crippen LogP contribution in [0.2, 0.25) is 0 Å². The van der Waals surface area contributed by atoms with Gasteiger partial charge in [-0.05, 0) is 103 Å². The Labute approximate surface area is 374 Å². The van der Waals surface area contributed by atoms with Crippen LogP contribution in [0.4, 0.5) is 0 Å². The third-order valence-electron chi connectivity index (χ3n) is 11.3. The van der Waals surface area contributed by atoms with E-state index in [1.165, 1.54) is 45.8 Å². The highest BCUT2D eigenvalue weighted by Gasteiger charge is 2.36. The Morgan fingerprint density at radius 1 is 0.828 bits per heavy atom. The monoisotopic (exact) mass is 876 g/mol. The number of unbranched alkanes of at least 4 members (excludes halogenated alkanes) is 1. The molecule has 5 rings (SSSR count). The van der Waals surface area contributed by atoms with Crippen LogP contribution in [0.3, 0.4) is 0 Å². The van der Waals surface area contributed by atoms with Gasteiger partial charge in [-0.3, -0.25) is 24.0 Å². The molecule has 0 unspecified atom stereocenters. The Morgan fingerprint density at radius 2 is 1.47 bits per heavy atom. The zero-order valence-electron chi connectivity index (χ0n) is 37.5. The number of hydrogen-bond acceptors (Lipinski definition) is 10. The van der Waals surface area contributed by atoms with Gasteiger partial charge in [0.1, 0.15) is 35.7 Å². The van der Waals surface area contributed by atoms with E-state index in [2.05, 4.69) is 52.5 Å². The number of amides is 5. The summed E-state index contributed by atoms with van der Waals surface area (Å²) in [5.41, 5.74) is 11.7. The number of likely N-dealkylation sites (N-methyl/N-ethyl adjacent to an activating group) is 1. The van der Waals surface area contributed by atoms with Crippen molar-refractivity contribution in [3.05, 3.63) is 107 Å². The van der Waals surface area contributed by atoms with Gasteiger partial charge in [-0.1, -0.05) is 61.9 Å². The molecule has 6 N–H and O–H groups in total. The van der Waals surface area contributed by atoms with Crippen molar-refractivity contribution in [3.63, 3.8) is 0 Å². The number of nitrogens with two attached hydrogens (primary N) is 1. The van der Waals surface area contributed by atoms with Crippen molar-refractivity contribution in [2.45, 2.75) is 83.0 Å². The zero-order valence-corrected chi connectivity index (χ0v) is 37.5. The molecule has 0 saturated heterocycles. The molecule has 340 valence electrons. The molecule has 0 aliphatic carbocycles. The fourth-order valence-corrected chi connectivity index (χ4v) is 7.72. The quantitative estimate of drug-likeness (QED) is 0.0734. The highest BCUT2D eigenvalue weighted by Crippen LogP contribution is 2.40. The fourth-order valence-electron chi connectivity index (χ4n) is 7.72. The van der Waals surface area contributed by atoms with Crippen molar-refractivity contribution in [1.29, 1.82) is 0 Å². The summed E-state index contributed by atoms with van der Waals surface area (Å²) in [5, 5.41) is 11.0. The molecule has 4 atom stereocenters. The topological polar surface area (TPSA) is 207 Å². The Bertz CT molecular complexity index is 2280. The minimum Gasteiger partial charge on any atom is -0.496 e. The number of benzene rings is 4. The number of rotatable bonds is 17. The van der Waals surface area contributed by atoms with Crippen LogP contribution in [0.1, 0.15) is 79.0 Å². The number of fused-ring (bicyclic) bond motifs is 5. The van der Waals surface area contributed by atoms with Gasteiger partial charge in [-0.25, -0.2) is 4.79 Å². The molecule has 4 aromatic carbocycles. The Kier molecular flexibility index (Phi) is 17.4. The fraction of sp³-hybridized carbons (Fsp3) is 0.388. The van der Waals surface area contributed by atoms with Crippen LogP contribution in [0.15, 0.2) is 84.9 Å². The summed E-state index contributed by atoms with van der Waals surface area (Å²) in [6, 6.07) is 21.3. The van der Waals surface area contributed by atoms with Gasteiger partial charge in [-0.15, -0.1) is 0 Å². The standard InChI is InChI=1S/C49H60N6O9/c1-7-10-31-12-15-33(16-13-31)34-17-19-35(20-18-34)46(58)51-26-24-43(56)53-39(11-8-9-25-50)48(60)55(3)44-36-21-23-42(63-5)38(29-36)37-27-32(14-22-41(37)62-4)28-40(49(61)64-6)54-45(57)30(2)52-47(44)59/h12-23,27,29-30,39-40,44H,7-11,24-26,28,50H2,1-6H3,(H,51,58)(H,52,59)(H,53,56)(H,54,57)/t30-,39-,40-,44-/m0/s1. The van der Waals surface area contributed by atoms with Gasteiger partial charge >= 0.3 is 5.97 Å². The van der Waals surface area contributed by atoms with E-state index < -0.39 is 53.8 Å². The lowest BCUT2D eigenvalue weighted by molar-refractivity contribution is -0.145. The smallest absolute Gasteiger partial charge is 0.328 e. The maximum absolute atomic E-state index is 14.5. The maximum atomic E-state index is 14.5. The second-order valence-electron chi connectivity index (χ2n) is 15.8. The van der Waals surface area contributed by atoms with E-state index in [0.717, 1.165) is 24.0 Å². The van der Waals surface area contributed by atoms with E-state index in [1.54, 1.807) is 48.5 Å². The summed E-state index contributed by atoms with van der Waals surface area (Å²) >= 11 is 0. The number of aryl methyl sites for hydroxylation is 1. The SMILES string of the molecule is CCCc1ccc(-c2ccc(C(=O)NCCC(=O)N[C@@H](CCCCN)C(=O)N(C)[C@@H]3C(=O)N[C@@H](C)C(=O)N[C@H](C(=O)OC)Cc4ccc(OC)c(c4)-c4cc3ccc4OC)cc2)cc1. The van der Waals surface area contributed by atoms with Crippen LogP contribution in [0.25, 0.3) is 22.3 Å². The van der Waals surface area contributed by atoms with Crippen LogP contribution in [0, 0.1) is 0 Å². The molecule has 0 spiro atoms. The lowest BCUT2D eigenvalue weighted by Gasteiger charge is -2.32. The zero-order chi connectivity index (χ0) is 46.3. The van der Waals surface area contributed by atoms with E-state index in [4.69, 9.17) is 19.9 Å². The van der Waals surface area contributed by atoms with Gasteiger partial charge in [-0.2, -0.15) is 0 Å². The number of nitrogens with one attached hydrogen (secondary N) is 4. The summed E-state index contributed by atoms with van der Waals surface area (Å²) < 4.78 is 16.5. The van der Waals surface area contributed by atoms with Crippen LogP contribution in [-0.2, 0) is 41.6 Å². The third kappa shape index (κ3) is 12.2. The van der Waals surface area contributed by atoms with Crippen LogP contribution in [-0.4, -0.2) is 100.0 Å². The average Bonchev–Trinajstić information content (AvgIpc) is 3.30. The number of esters is 1. The second kappa shape index (κ2) is 23.1. The van der Waals surface area contributed by atoms with Crippen LogP contribution < -0.4 is 36.5 Å². The van der Waals surface area contributed by atoms with Crippen LogP contribution in [0.5, 0.6) is 11.5 Å². The number of nitrogens with zero attached hydrogens (tertiary/aromatic N) is 1. The number of ether oxygens (including phenoxy) is 3. The van der Waals surface area contributed by atoms with Gasteiger partial charge in [0.25, 0.3) is 5.91 Å². The van der Waals surface area contributed by atoms with Crippen molar-refractivity contribution >= 4 is 35.5 Å². The first kappa shape index (κ1) is 48.3. The summed E-state index contributed by atoms with van der Waals surface area (Å²) in [7, 11) is 5.68. The third-order valence-corrected chi connectivity index (χ3v) is 11.3. The van der Waals surface area contributed by atoms with E-state index >= 15 is 0 Å².